The van der Waals surface area contributed by atoms with Crippen LogP contribution < -0.4 is 10.6 Å². The Morgan fingerprint density at radius 3 is 0.929 bits per heavy atom. The molecule has 0 bridgehead atoms. The van der Waals surface area contributed by atoms with Crippen LogP contribution in [-0.4, -0.2) is 19.3 Å². The van der Waals surface area contributed by atoms with Crippen LogP contribution in [-0.2, 0) is 0 Å². The fourth-order valence-electron chi connectivity index (χ4n) is 5.86. The quantitative estimate of drug-likeness (QED) is 0.0432. The average molecular weight is 589 g/mol. The van der Waals surface area contributed by atoms with E-state index in [0.717, 1.165) is 0 Å². The van der Waals surface area contributed by atoms with Gasteiger partial charge in [-0.25, -0.2) is 0 Å². The summed E-state index contributed by atoms with van der Waals surface area (Å²) < 4.78 is 0. The zero-order valence-corrected chi connectivity index (χ0v) is 29.5. The van der Waals surface area contributed by atoms with E-state index >= 15 is 0 Å². The zero-order valence-electron chi connectivity index (χ0n) is 29.5. The maximum atomic E-state index is 3.80. The fourth-order valence-corrected chi connectivity index (χ4v) is 5.86. The third-order valence-corrected chi connectivity index (χ3v) is 8.74. The number of rotatable bonds is 36. The Kier molecular flexibility index (Phi) is 37.9. The van der Waals surface area contributed by atoms with Gasteiger partial charge in [-0.05, 0) is 83.7 Å². The van der Waals surface area contributed by atoms with E-state index in [-0.39, 0.29) is 0 Å². The summed E-state index contributed by atoms with van der Waals surface area (Å²) in [7, 11) is 0. The molecule has 42 heavy (non-hydrogen) atoms. The predicted octanol–water partition coefficient (Wildman–Crippen LogP) is 13.4. The van der Waals surface area contributed by atoms with Crippen molar-refractivity contribution in [2.75, 3.05) is 13.1 Å². The maximum Gasteiger partial charge on any atom is 0.0571 e. The molecule has 0 aliphatic heterocycles. The Bertz CT molecular complexity index is 482. The summed E-state index contributed by atoms with van der Waals surface area (Å²) in [6.45, 7) is 9.24. The zero-order chi connectivity index (χ0) is 30.4. The molecular weight excluding hydrogens is 508 g/mol. The van der Waals surface area contributed by atoms with E-state index in [1.165, 1.54) is 206 Å². The number of unbranched alkanes of at least 4 members (excludes halogenated alkanes) is 24. The SMILES string of the molecule is CCCCCCCC/C=C\CCCCCCCCNC(CCC)NCCCCCCCC/C=C\CCCCCCCC. The summed E-state index contributed by atoms with van der Waals surface area (Å²) in [5.41, 5.74) is 0. The molecule has 0 aromatic carbocycles. The Morgan fingerprint density at radius 1 is 0.333 bits per heavy atom. The highest BCUT2D eigenvalue weighted by atomic mass is 15.1. The second-order valence-corrected chi connectivity index (χ2v) is 13.1. The summed E-state index contributed by atoms with van der Waals surface area (Å²) in [6.07, 6.45) is 51.5. The maximum absolute atomic E-state index is 3.80. The second kappa shape index (κ2) is 38.4. The predicted molar refractivity (Wildman–Crippen MR) is 194 cm³/mol. The van der Waals surface area contributed by atoms with Gasteiger partial charge in [0.05, 0.1) is 6.17 Å². The van der Waals surface area contributed by atoms with Crippen molar-refractivity contribution in [3.8, 4) is 0 Å². The molecule has 0 aromatic heterocycles. The van der Waals surface area contributed by atoms with Crippen LogP contribution in [0.15, 0.2) is 24.3 Å². The van der Waals surface area contributed by atoms with Crippen LogP contribution in [0.2, 0.25) is 0 Å². The monoisotopic (exact) mass is 589 g/mol. The van der Waals surface area contributed by atoms with Gasteiger partial charge in [-0.1, -0.05) is 167 Å². The number of hydrogen-bond donors (Lipinski definition) is 2. The highest BCUT2D eigenvalue weighted by Crippen LogP contribution is 2.11. The van der Waals surface area contributed by atoms with E-state index < -0.39 is 0 Å². The summed E-state index contributed by atoms with van der Waals surface area (Å²) in [5.74, 6) is 0. The van der Waals surface area contributed by atoms with E-state index in [9.17, 15) is 0 Å². The van der Waals surface area contributed by atoms with Crippen LogP contribution in [0.3, 0.4) is 0 Å². The molecule has 0 spiro atoms. The van der Waals surface area contributed by atoms with E-state index in [2.05, 4.69) is 55.7 Å². The molecule has 0 heterocycles. The van der Waals surface area contributed by atoms with E-state index in [1.807, 2.05) is 0 Å². The van der Waals surface area contributed by atoms with Crippen LogP contribution in [0, 0.1) is 0 Å². The van der Waals surface area contributed by atoms with Gasteiger partial charge in [0.15, 0.2) is 0 Å². The molecule has 250 valence electrons. The van der Waals surface area contributed by atoms with Gasteiger partial charge in [-0.15, -0.1) is 0 Å². The normalized spacial score (nSPS) is 12.1. The molecule has 0 saturated heterocycles. The van der Waals surface area contributed by atoms with Gasteiger partial charge >= 0.3 is 0 Å². The summed E-state index contributed by atoms with van der Waals surface area (Å²) in [4.78, 5) is 0. The summed E-state index contributed by atoms with van der Waals surface area (Å²) in [6, 6.07) is 0. The molecule has 0 rings (SSSR count). The molecule has 0 aromatic rings. The van der Waals surface area contributed by atoms with Crippen molar-refractivity contribution in [3.05, 3.63) is 24.3 Å². The molecule has 0 radical (unpaired) electrons. The van der Waals surface area contributed by atoms with Gasteiger partial charge in [0.25, 0.3) is 0 Å². The van der Waals surface area contributed by atoms with Crippen molar-refractivity contribution in [1.29, 1.82) is 0 Å². The minimum atomic E-state index is 0.515. The van der Waals surface area contributed by atoms with Crippen LogP contribution in [0.1, 0.15) is 213 Å². The number of hydrogen-bond acceptors (Lipinski definition) is 2. The minimum Gasteiger partial charge on any atom is -0.302 e. The minimum absolute atomic E-state index is 0.515. The molecule has 0 amide bonds. The molecular formula is C40H80N2. The van der Waals surface area contributed by atoms with E-state index in [4.69, 9.17) is 0 Å². The highest BCUT2D eigenvalue weighted by molar-refractivity contribution is 4.82. The van der Waals surface area contributed by atoms with Gasteiger partial charge in [0, 0.05) is 0 Å². The van der Waals surface area contributed by atoms with Crippen LogP contribution in [0.5, 0.6) is 0 Å². The van der Waals surface area contributed by atoms with Crippen molar-refractivity contribution < 1.29 is 0 Å². The molecule has 0 atom stereocenters. The van der Waals surface area contributed by atoms with E-state index in [1.54, 1.807) is 0 Å². The third-order valence-electron chi connectivity index (χ3n) is 8.74. The van der Waals surface area contributed by atoms with Crippen molar-refractivity contribution in [1.82, 2.24) is 10.6 Å². The second-order valence-electron chi connectivity index (χ2n) is 13.1. The Balaban J connectivity index is 3.43. The molecule has 0 aliphatic rings. The lowest BCUT2D eigenvalue weighted by Crippen LogP contribution is -2.43. The van der Waals surface area contributed by atoms with Crippen molar-refractivity contribution in [2.24, 2.45) is 0 Å². The molecule has 0 unspecified atom stereocenters. The van der Waals surface area contributed by atoms with Gasteiger partial charge in [0.2, 0.25) is 0 Å². The first-order valence-corrected chi connectivity index (χ1v) is 19.6. The first-order chi connectivity index (χ1) is 20.8. The first kappa shape index (κ1) is 41.4. The van der Waals surface area contributed by atoms with Crippen molar-refractivity contribution in [3.63, 3.8) is 0 Å². The number of allylic oxidation sites excluding steroid dienone is 4. The highest BCUT2D eigenvalue weighted by Gasteiger charge is 2.05. The average Bonchev–Trinajstić information content (AvgIpc) is 3.00. The van der Waals surface area contributed by atoms with E-state index in [0.29, 0.717) is 6.17 Å². The smallest absolute Gasteiger partial charge is 0.0571 e. The molecule has 0 aliphatic carbocycles. The van der Waals surface area contributed by atoms with Gasteiger partial charge in [-0.2, -0.15) is 0 Å². The molecule has 0 fully saturated rings. The van der Waals surface area contributed by atoms with Crippen LogP contribution in [0.4, 0.5) is 0 Å². The number of nitrogens with one attached hydrogen (secondary N) is 2. The topological polar surface area (TPSA) is 24.1 Å². The molecule has 2 nitrogen and oxygen atoms in total. The van der Waals surface area contributed by atoms with Gasteiger partial charge in [-0.3, -0.25) is 0 Å². The molecule has 2 heteroatoms. The Morgan fingerprint density at radius 2 is 0.619 bits per heavy atom. The van der Waals surface area contributed by atoms with Gasteiger partial charge < -0.3 is 10.6 Å². The first-order valence-electron chi connectivity index (χ1n) is 19.6. The lowest BCUT2D eigenvalue weighted by molar-refractivity contribution is 0.385. The summed E-state index contributed by atoms with van der Waals surface area (Å²) in [5, 5.41) is 7.60. The molecule has 2 N–H and O–H groups in total. The molecule has 0 saturated carbocycles. The lowest BCUT2D eigenvalue weighted by atomic mass is 10.1. The van der Waals surface area contributed by atoms with Crippen molar-refractivity contribution in [2.45, 2.75) is 220 Å². The summed E-state index contributed by atoms with van der Waals surface area (Å²) >= 11 is 0. The standard InChI is InChI=1S/C40H80N2/c1-4-7-9-11-13-15-17-19-21-23-25-27-29-31-33-35-38-41-40(37-6-3)42-39-36-34-32-30-28-26-24-22-20-18-16-14-12-10-8-5-2/h19-22,40-42H,4-18,23-39H2,1-3H3/b21-19-,22-20-. The van der Waals surface area contributed by atoms with Crippen LogP contribution in [0.25, 0.3) is 0 Å². The Labute approximate surface area is 267 Å². The van der Waals surface area contributed by atoms with Crippen LogP contribution >= 0.6 is 0 Å². The largest absolute Gasteiger partial charge is 0.302 e. The Hall–Kier alpha value is -0.600. The lowest BCUT2D eigenvalue weighted by Gasteiger charge is -2.20. The van der Waals surface area contributed by atoms with Gasteiger partial charge in [0.1, 0.15) is 0 Å². The fraction of sp³-hybridized carbons (Fsp3) is 0.900. The third kappa shape index (κ3) is 35.6. The van der Waals surface area contributed by atoms with Crippen molar-refractivity contribution >= 4 is 0 Å².